The zero-order chi connectivity index (χ0) is 20.5. The van der Waals surface area contributed by atoms with E-state index in [9.17, 15) is 0 Å². The summed E-state index contributed by atoms with van der Waals surface area (Å²) in [4.78, 5) is 0. The first-order valence-electron chi connectivity index (χ1n) is 10.9. The molecule has 1 spiro atoms. The molecule has 158 valence electrons. The van der Waals surface area contributed by atoms with Crippen LogP contribution in [-0.4, -0.2) is 20.4 Å². The summed E-state index contributed by atoms with van der Waals surface area (Å²) >= 11 is 0. The molecule has 2 N–H and O–H groups in total. The number of quaternary nitrogens is 1. The van der Waals surface area contributed by atoms with Gasteiger partial charge in [-0.15, -0.1) is 0 Å². The molecule has 0 unspecified atom stereocenters. The van der Waals surface area contributed by atoms with Gasteiger partial charge < -0.3 is 5.32 Å². The van der Waals surface area contributed by atoms with Gasteiger partial charge in [-0.2, -0.15) is 0 Å². The van der Waals surface area contributed by atoms with Gasteiger partial charge >= 0.3 is 129 Å². The molecule has 1 fully saturated rings. The van der Waals surface area contributed by atoms with Gasteiger partial charge in [0.1, 0.15) is 0 Å². The first kappa shape index (κ1) is 20.1. The molecule has 5 nitrogen and oxygen atoms in total. The third kappa shape index (κ3) is 3.71. The van der Waals surface area contributed by atoms with Crippen LogP contribution in [0.15, 0.2) is 48.5 Å². The minimum absolute atomic E-state index is 0.180. The van der Waals surface area contributed by atoms with E-state index in [-0.39, 0.29) is 5.54 Å². The van der Waals surface area contributed by atoms with Crippen molar-refractivity contribution in [2.75, 3.05) is 0 Å². The third-order valence-electron chi connectivity index (χ3n) is 5.67. The van der Waals surface area contributed by atoms with Gasteiger partial charge in [0.15, 0.2) is 0 Å². The molecule has 29 heavy (non-hydrogen) atoms. The van der Waals surface area contributed by atoms with Crippen molar-refractivity contribution in [3.05, 3.63) is 48.5 Å². The van der Waals surface area contributed by atoms with Crippen LogP contribution in [0.2, 0.25) is 5.54 Å². The second-order valence-corrected chi connectivity index (χ2v) is 12.5. The number of fused-ring (bicyclic) bond motifs is 2. The van der Waals surface area contributed by atoms with Crippen LogP contribution in [0.4, 0.5) is 0 Å². The van der Waals surface area contributed by atoms with E-state index in [1.54, 1.807) is 0 Å². The average molecular weight is 416 g/mol. The van der Waals surface area contributed by atoms with Crippen LogP contribution in [0.1, 0.15) is 53.4 Å². The molecule has 2 aromatic rings. The Labute approximate surface area is 174 Å². The number of para-hydroxylation sites is 4. The zero-order valence-corrected chi connectivity index (χ0v) is 18.9. The topological polar surface area (TPSA) is 53.5 Å². The van der Waals surface area contributed by atoms with Crippen LogP contribution in [0.25, 0.3) is 0 Å². The van der Waals surface area contributed by atoms with Crippen LogP contribution in [0.3, 0.4) is 0 Å². The number of nitrogens with two attached hydrogens (primary N) is 1. The standard InChI is InChI=1S/C17H17O4Si.C6H15N/c1-2-8-13(7-1)22(18-14-9-3-4-10-15(14)19-22)20-16-11-5-6-12-17(16)21-22;1-5(2)7-6(3)4/h3-6,9-13H,1-2,7-8H2;5-7H,1-4H3/q-1;/p+1. The first-order valence-corrected chi connectivity index (χ1v) is 13.1. The Balaban J connectivity index is 0.000000255. The zero-order valence-electron chi connectivity index (χ0n) is 17.9. The first-order chi connectivity index (χ1) is 13.9. The van der Waals surface area contributed by atoms with E-state index >= 15 is 0 Å². The van der Waals surface area contributed by atoms with Crippen molar-refractivity contribution >= 4 is 8.33 Å². The van der Waals surface area contributed by atoms with Gasteiger partial charge in [-0.25, -0.2) is 0 Å². The summed E-state index contributed by atoms with van der Waals surface area (Å²) in [7, 11) is -4.00. The van der Waals surface area contributed by atoms with E-state index < -0.39 is 8.33 Å². The quantitative estimate of drug-likeness (QED) is 0.743. The Bertz CT molecular complexity index is 744. The van der Waals surface area contributed by atoms with E-state index in [1.165, 1.54) is 12.8 Å². The molecule has 0 atom stereocenters. The fraction of sp³-hybridized carbons (Fsp3) is 0.478. The van der Waals surface area contributed by atoms with E-state index in [1.807, 2.05) is 48.5 Å². The van der Waals surface area contributed by atoms with Crippen molar-refractivity contribution in [3.8, 4) is 23.0 Å². The molecule has 6 heteroatoms. The predicted octanol–water partition coefficient (Wildman–Crippen LogP) is 4.63. The fourth-order valence-corrected chi connectivity index (χ4v) is 9.18. The normalized spacial score (nSPS) is 21.7. The molecule has 1 saturated carbocycles. The summed E-state index contributed by atoms with van der Waals surface area (Å²) in [6.45, 7) is 8.83. The number of hydrogen-bond donors (Lipinski definition) is 1. The second-order valence-electron chi connectivity index (χ2n) is 8.93. The van der Waals surface area contributed by atoms with Gasteiger partial charge in [-0.05, 0) is 27.7 Å². The molecule has 5 rings (SSSR count). The fourth-order valence-electron chi connectivity index (χ4n) is 4.66. The summed E-state index contributed by atoms with van der Waals surface area (Å²) in [5.74, 6) is 2.93. The Morgan fingerprint density at radius 3 is 1.31 bits per heavy atom. The predicted molar refractivity (Wildman–Crippen MR) is 116 cm³/mol. The van der Waals surface area contributed by atoms with Crippen molar-refractivity contribution in [2.24, 2.45) is 0 Å². The SMILES string of the molecule is CC(C)[NH2+]C(C)C.c1ccc2c(c1)O[Si-]1(C3CCCC3)(O2)Oc2ccccc2O1. The number of hydrogen-bond acceptors (Lipinski definition) is 4. The van der Waals surface area contributed by atoms with Gasteiger partial charge in [-0.3, -0.25) is 0 Å². The summed E-state index contributed by atoms with van der Waals surface area (Å²) < 4.78 is 25.6. The van der Waals surface area contributed by atoms with E-state index in [0.717, 1.165) is 47.9 Å². The molecule has 0 radical (unpaired) electrons. The van der Waals surface area contributed by atoms with Gasteiger partial charge in [-0.1, -0.05) is 0 Å². The Hall–Kier alpha value is -2.18. The van der Waals surface area contributed by atoms with Crippen molar-refractivity contribution in [1.82, 2.24) is 0 Å². The van der Waals surface area contributed by atoms with Crippen LogP contribution in [0.5, 0.6) is 23.0 Å². The molecule has 2 aromatic carbocycles. The Morgan fingerprint density at radius 2 is 1.03 bits per heavy atom. The van der Waals surface area contributed by atoms with Gasteiger partial charge in [0.25, 0.3) is 0 Å². The van der Waals surface area contributed by atoms with Crippen molar-refractivity contribution in [3.63, 3.8) is 0 Å². The Morgan fingerprint density at radius 1 is 0.690 bits per heavy atom. The average Bonchev–Trinajstić information content (AvgIpc) is 3.37. The molecule has 1 aliphatic carbocycles. The molecule has 0 bridgehead atoms. The van der Waals surface area contributed by atoms with Crippen LogP contribution < -0.4 is 23.0 Å². The van der Waals surface area contributed by atoms with Crippen LogP contribution in [0, 0.1) is 0 Å². The maximum absolute atomic E-state index is 6.40. The number of rotatable bonds is 3. The summed E-state index contributed by atoms with van der Waals surface area (Å²) in [5, 5.41) is 2.33. The van der Waals surface area contributed by atoms with Gasteiger partial charge in [0.05, 0.1) is 12.1 Å². The monoisotopic (exact) mass is 415 g/mol. The molecular formula is C23H33NO4Si. The molecule has 2 aliphatic heterocycles. The Kier molecular flexibility index (Phi) is 5.25. The van der Waals surface area contributed by atoms with Crippen molar-refractivity contribution in [2.45, 2.75) is 71.0 Å². The van der Waals surface area contributed by atoms with E-state index in [2.05, 4.69) is 33.0 Å². The molecule has 0 amide bonds. The molecule has 3 aliphatic rings. The minimum atomic E-state index is -4.00. The second kappa shape index (κ2) is 7.57. The molecular weight excluding hydrogens is 382 g/mol. The number of benzene rings is 2. The van der Waals surface area contributed by atoms with E-state index in [0.29, 0.717) is 0 Å². The van der Waals surface area contributed by atoms with Gasteiger partial charge in [0.2, 0.25) is 0 Å². The summed E-state index contributed by atoms with van der Waals surface area (Å²) in [6.07, 6.45) is 4.38. The van der Waals surface area contributed by atoms with Crippen LogP contribution >= 0.6 is 0 Å². The van der Waals surface area contributed by atoms with E-state index in [4.69, 9.17) is 17.7 Å². The third-order valence-corrected chi connectivity index (χ3v) is 9.93. The van der Waals surface area contributed by atoms with Gasteiger partial charge in [0, 0.05) is 0 Å². The van der Waals surface area contributed by atoms with Crippen molar-refractivity contribution in [1.29, 1.82) is 0 Å². The summed E-state index contributed by atoms with van der Waals surface area (Å²) in [6, 6.07) is 17.0. The van der Waals surface area contributed by atoms with Crippen LogP contribution in [-0.2, 0) is 0 Å². The molecule has 0 saturated heterocycles. The summed E-state index contributed by atoms with van der Waals surface area (Å²) in [5.41, 5.74) is 0.180. The molecule has 2 heterocycles. The maximum atomic E-state index is 6.40. The molecule has 0 aromatic heterocycles. The van der Waals surface area contributed by atoms with Crippen molar-refractivity contribution < 1.29 is 23.0 Å².